The minimum absolute atomic E-state index is 0.462. The minimum atomic E-state index is -0.835. The predicted octanol–water partition coefficient (Wildman–Crippen LogP) is 6.86. The minimum Gasteiger partial charge on any atom is -0.399 e. The van der Waals surface area contributed by atoms with Crippen LogP contribution < -0.4 is 11.5 Å². The van der Waals surface area contributed by atoms with Crippen LogP contribution >= 0.6 is 0 Å². The average Bonchev–Trinajstić information content (AvgIpc) is 2.89. The maximum atomic E-state index is 10.7. The molecule has 1 aliphatic rings. The van der Waals surface area contributed by atoms with E-state index in [1.54, 1.807) is 18.2 Å². The molecule has 35 heavy (non-hydrogen) atoms. The summed E-state index contributed by atoms with van der Waals surface area (Å²) in [7, 11) is 0. The Balaban J connectivity index is 1.40. The number of hydrogen-bond acceptors (Lipinski definition) is 5. The molecular formula is C30H36N2O3. The van der Waals surface area contributed by atoms with Crippen LogP contribution in [0.2, 0.25) is 0 Å². The van der Waals surface area contributed by atoms with Crippen LogP contribution in [0.4, 0.5) is 11.4 Å². The van der Waals surface area contributed by atoms with Gasteiger partial charge in [0.15, 0.2) is 0 Å². The van der Waals surface area contributed by atoms with Crippen LogP contribution in [0, 0.1) is 5.92 Å². The fourth-order valence-corrected chi connectivity index (χ4v) is 5.08. The third-order valence-electron chi connectivity index (χ3n) is 7.40. The molecule has 0 amide bonds. The molecule has 2 atom stereocenters. The van der Waals surface area contributed by atoms with E-state index in [0.29, 0.717) is 22.9 Å². The van der Waals surface area contributed by atoms with Crippen LogP contribution in [0.1, 0.15) is 85.0 Å². The van der Waals surface area contributed by atoms with Crippen LogP contribution in [0.5, 0.6) is 0 Å². The van der Waals surface area contributed by atoms with Crippen LogP contribution in [-0.2, 0) is 4.89 Å². The van der Waals surface area contributed by atoms with Gasteiger partial charge in [-0.25, -0.2) is 4.89 Å². The summed E-state index contributed by atoms with van der Waals surface area (Å²) in [6.07, 6.45) is 8.76. The van der Waals surface area contributed by atoms with E-state index < -0.39 is 12.2 Å². The lowest BCUT2D eigenvalue weighted by molar-refractivity contribution is -0.268. The topological polar surface area (TPSA) is 102 Å². The van der Waals surface area contributed by atoms with Gasteiger partial charge < -0.3 is 16.6 Å². The average molecular weight is 473 g/mol. The summed E-state index contributed by atoms with van der Waals surface area (Å²) in [4.78, 5) is 4.76. The zero-order valence-corrected chi connectivity index (χ0v) is 20.3. The zero-order chi connectivity index (χ0) is 24.8. The van der Waals surface area contributed by atoms with E-state index in [9.17, 15) is 10.4 Å². The molecule has 1 aliphatic carbocycles. The van der Waals surface area contributed by atoms with Gasteiger partial charge in [-0.2, -0.15) is 0 Å². The largest absolute Gasteiger partial charge is 0.399 e. The fraction of sp³-hybridized carbons (Fsp3) is 0.333. The standard InChI is InChI=1S/C30H36N2O3/c1-2-20-3-8-22(9-4-20)23-12-14-24(15-13-23)29(35-34)18-7-21-5-10-25(11-6-21)30(33)27-17-16-26(31)19-28(27)32/h5-7,10-20,22,29-30,33-34H,2-4,8-9,31-32H2,1H3/b18-7+. The highest BCUT2D eigenvalue weighted by Crippen LogP contribution is 2.37. The van der Waals surface area contributed by atoms with Crippen molar-refractivity contribution in [1.29, 1.82) is 0 Å². The molecule has 2 unspecified atom stereocenters. The smallest absolute Gasteiger partial charge is 0.136 e. The van der Waals surface area contributed by atoms with Crippen molar-refractivity contribution in [2.75, 3.05) is 11.5 Å². The molecule has 0 aromatic heterocycles. The van der Waals surface area contributed by atoms with Crippen LogP contribution in [0.3, 0.4) is 0 Å². The van der Waals surface area contributed by atoms with Crippen LogP contribution in [0.15, 0.2) is 72.8 Å². The highest BCUT2D eigenvalue weighted by molar-refractivity contribution is 5.59. The number of aliphatic hydroxyl groups is 1. The van der Waals surface area contributed by atoms with Crippen molar-refractivity contribution in [3.8, 4) is 0 Å². The SMILES string of the molecule is CCC1CCC(c2ccc(C(/C=C/c3ccc(C(O)c4ccc(N)cc4N)cc3)OO)cc2)CC1. The molecule has 0 radical (unpaired) electrons. The Hall–Kier alpha value is -3.12. The van der Waals surface area contributed by atoms with Crippen LogP contribution in [-0.4, -0.2) is 10.4 Å². The first kappa shape index (κ1) is 25.0. The molecule has 1 saturated carbocycles. The van der Waals surface area contributed by atoms with Crippen molar-refractivity contribution in [3.05, 3.63) is 101 Å². The third-order valence-corrected chi connectivity index (χ3v) is 7.40. The van der Waals surface area contributed by atoms with E-state index >= 15 is 0 Å². The first-order valence-corrected chi connectivity index (χ1v) is 12.5. The highest BCUT2D eigenvalue weighted by Gasteiger charge is 2.21. The summed E-state index contributed by atoms with van der Waals surface area (Å²) < 4.78 is 0. The number of nitrogens with two attached hydrogens (primary N) is 2. The third kappa shape index (κ3) is 6.12. The molecule has 6 N–H and O–H groups in total. The van der Waals surface area contributed by atoms with Gasteiger partial charge >= 0.3 is 0 Å². The number of aliphatic hydroxyl groups excluding tert-OH is 1. The Bertz CT molecular complexity index is 1120. The summed E-state index contributed by atoms with van der Waals surface area (Å²) >= 11 is 0. The van der Waals surface area contributed by atoms with E-state index in [0.717, 1.165) is 22.6 Å². The Morgan fingerprint density at radius 1 is 0.914 bits per heavy atom. The number of anilines is 2. The van der Waals surface area contributed by atoms with Crippen molar-refractivity contribution in [2.45, 2.75) is 57.2 Å². The van der Waals surface area contributed by atoms with E-state index in [4.69, 9.17) is 16.4 Å². The van der Waals surface area contributed by atoms with Gasteiger partial charge in [-0.05, 0) is 78.0 Å². The summed E-state index contributed by atoms with van der Waals surface area (Å²) in [5, 5.41) is 20.2. The molecule has 5 heteroatoms. The van der Waals surface area contributed by atoms with Gasteiger partial charge in [-0.1, -0.05) is 74.0 Å². The van der Waals surface area contributed by atoms with Gasteiger partial charge in [0.25, 0.3) is 0 Å². The Kier molecular flexibility index (Phi) is 8.24. The van der Waals surface area contributed by atoms with Gasteiger partial charge in [0, 0.05) is 16.9 Å². The predicted molar refractivity (Wildman–Crippen MR) is 143 cm³/mol. The van der Waals surface area contributed by atoms with E-state index in [1.807, 2.05) is 48.6 Å². The lowest BCUT2D eigenvalue weighted by Crippen LogP contribution is -2.12. The van der Waals surface area contributed by atoms with Crippen molar-refractivity contribution >= 4 is 17.5 Å². The lowest BCUT2D eigenvalue weighted by atomic mass is 9.78. The van der Waals surface area contributed by atoms with Gasteiger partial charge in [-0.3, -0.25) is 5.26 Å². The molecule has 0 saturated heterocycles. The molecule has 4 rings (SSSR count). The molecule has 3 aromatic carbocycles. The molecule has 3 aromatic rings. The number of rotatable bonds is 8. The first-order chi connectivity index (χ1) is 17.0. The summed E-state index contributed by atoms with van der Waals surface area (Å²) in [5.41, 5.74) is 17.4. The number of hydrogen-bond donors (Lipinski definition) is 4. The maximum Gasteiger partial charge on any atom is 0.136 e. The monoisotopic (exact) mass is 472 g/mol. The Labute approximate surface area is 208 Å². The van der Waals surface area contributed by atoms with Crippen molar-refractivity contribution in [3.63, 3.8) is 0 Å². The Morgan fingerprint density at radius 3 is 2.17 bits per heavy atom. The molecule has 0 aliphatic heterocycles. The van der Waals surface area contributed by atoms with Gasteiger partial charge in [0.2, 0.25) is 0 Å². The van der Waals surface area contributed by atoms with Gasteiger partial charge in [0.05, 0.1) is 0 Å². The lowest BCUT2D eigenvalue weighted by Gasteiger charge is -2.28. The van der Waals surface area contributed by atoms with Gasteiger partial charge in [-0.15, -0.1) is 0 Å². The molecule has 0 spiro atoms. The first-order valence-electron chi connectivity index (χ1n) is 12.5. The summed E-state index contributed by atoms with van der Waals surface area (Å²) in [6.45, 7) is 2.29. The molecular weight excluding hydrogens is 436 g/mol. The van der Waals surface area contributed by atoms with Gasteiger partial charge in [0.1, 0.15) is 12.2 Å². The van der Waals surface area contributed by atoms with Crippen molar-refractivity contribution in [2.24, 2.45) is 5.92 Å². The van der Waals surface area contributed by atoms with E-state index in [1.165, 1.54) is 37.7 Å². The van der Waals surface area contributed by atoms with Crippen molar-refractivity contribution < 1.29 is 15.3 Å². The molecule has 1 fully saturated rings. The normalized spacial score (nSPS) is 20.1. The second kappa shape index (κ2) is 11.5. The number of benzene rings is 3. The Morgan fingerprint density at radius 2 is 1.57 bits per heavy atom. The maximum absolute atomic E-state index is 10.7. The highest BCUT2D eigenvalue weighted by atomic mass is 17.1. The molecule has 5 nitrogen and oxygen atoms in total. The number of nitrogen functional groups attached to an aromatic ring is 2. The quantitative estimate of drug-likeness (QED) is 0.163. The molecule has 0 bridgehead atoms. The second-order valence-electron chi connectivity index (χ2n) is 9.64. The fourth-order valence-electron chi connectivity index (χ4n) is 5.08. The zero-order valence-electron chi connectivity index (χ0n) is 20.3. The summed E-state index contributed by atoms with van der Waals surface area (Å²) in [5.74, 6) is 1.52. The second-order valence-corrected chi connectivity index (χ2v) is 9.64. The van der Waals surface area contributed by atoms with Crippen molar-refractivity contribution in [1.82, 2.24) is 0 Å². The molecule has 0 heterocycles. The molecule has 184 valence electrons. The van der Waals surface area contributed by atoms with Crippen LogP contribution in [0.25, 0.3) is 6.08 Å². The summed E-state index contributed by atoms with van der Waals surface area (Å²) in [6, 6.07) is 21.1. The van der Waals surface area contributed by atoms with E-state index in [2.05, 4.69) is 19.1 Å². The van der Waals surface area contributed by atoms with E-state index in [-0.39, 0.29) is 0 Å².